The number of pyridine rings is 2. The van der Waals surface area contributed by atoms with Gasteiger partial charge >= 0.3 is 0 Å². The first kappa shape index (κ1) is 19.7. The summed E-state index contributed by atoms with van der Waals surface area (Å²) in [5.74, 6) is -1.66. The molecule has 5 rings (SSSR count). The van der Waals surface area contributed by atoms with Crippen molar-refractivity contribution in [1.82, 2.24) is 19.3 Å². The van der Waals surface area contributed by atoms with Gasteiger partial charge in [0.15, 0.2) is 0 Å². The van der Waals surface area contributed by atoms with Crippen molar-refractivity contribution in [1.29, 1.82) is 0 Å². The van der Waals surface area contributed by atoms with Gasteiger partial charge in [-0.2, -0.15) is 0 Å². The molecule has 0 spiro atoms. The van der Waals surface area contributed by atoms with E-state index in [0.717, 1.165) is 0 Å². The predicted octanol–water partition coefficient (Wildman–Crippen LogP) is 4.86. The molecule has 1 aromatic carbocycles. The lowest BCUT2D eigenvalue weighted by atomic mass is 10.1. The van der Waals surface area contributed by atoms with Crippen molar-refractivity contribution in [3.8, 4) is 11.3 Å². The van der Waals surface area contributed by atoms with Crippen LogP contribution in [0.5, 0.6) is 0 Å². The van der Waals surface area contributed by atoms with E-state index in [9.17, 15) is 13.6 Å². The normalized spacial score (nSPS) is 12.7. The van der Waals surface area contributed by atoms with E-state index in [2.05, 4.69) is 9.97 Å². The molecule has 1 amide bonds. The van der Waals surface area contributed by atoms with Crippen molar-refractivity contribution >= 4 is 11.6 Å². The van der Waals surface area contributed by atoms with E-state index < -0.39 is 11.6 Å². The molecule has 5 nitrogen and oxygen atoms in total. The number of hydrogen-bond donors (Lipinski definition) is 0. The quantitative estimate of drug-likeness (QED) is 0.488. The Balaban J connectivity index is 0.00000106. The summed E-state index contributed by atoms with van der Waals surface area (Å²) >= 11 is 0. The Kier molecular flexibility index (Phi) is 5.27. The SMILES string of the molecule is CC.O=C1c2cccnc2CN1Cc1c(F)cc(-c2cnc3ccccn23)cc1F. The van der Waals surface area contributed by atoms with Crippen molar-refractivity contribution in [2.75, 3.05) is 0 Å². The van der Waals surface area contributed by atoms with Crippen LogP contribution in [0.15, 0.2) is 61.1 Å². The first-order valence-electron chi connectivity index (χ1n) is 9.75. The van der Waals surface area contributed by atoms with Crippen LogP contribution in [-0.4, -0.2) is 25.2 Å². The highest BCUT2D eigenvalue weighted by Crippen LogP contribution is 2.28. The third-order valence-electron chi connectivity index (χ3n) is 4.95. The van der Waals surface area contributed by atoms with E-state index in [4.69, 9.17) is 0 Å². The number of halogens is 2. The number of carbonyl (C=O) groups is 1. The lowest BCUT2D eigenvalue weighted by Crippen LogP contribution is -2.24. The fraction of sp³-hybridized carbons (Fsp3) is 0.174. The van der Waals surface area contributed by atoms with Gasteiger partial charge in [0.2, 0.25) is 0 Å². The molecule has 152 valence electrons. The summed E-state index contributed by atoms with van der Waals surface area (Å²) in [6, 6.07) is 11.4. The minimum Gasteiger partial charge on any atom is -0.328 e. The molecule has 0 N–H and O–H groups in total. The molecule has 1 aliphatic rings. The summed E-state index contributed by atoms with van der Waals surface area (Å²) in [5, 5.41) is 0. The maximum absolute atomic E-state index is 14.8. The molecule has 4 heterocycles. The number of carbonyl (C=O) groups excluding carboxylic acids is 1. The summed E-state index contributed by atoms with van der Waals surface area (Å²) in [5.41, 5.74) is 2.62. The van der Waals surface area contributed by atoms with Gasteiger partial charge in [0.25, 0.3) is 5.91 Å². The molecule has 3 aromatic heterocycles. The monoisotopic (exact) mass is 406 g/mol. The van der Waals surface area contributed by atoms with Crippen LogP contribution in [0.4, 0.5) is 8.78 Å². The molecule has 0 bridgehead atoms. The van der Waals surface area contributed by atoms with Crippen molar-refractivity contribution in [3.63, 3.8) is 0 Å². The molecule has 0 saturated carbocycles. The molecule has 1 aliphatic heterocycles. The molecule has 7 heteroatoms. The number of nitrogens with zero attached hydrogens (tertiary/aromatic N) is 4. The van der Waals surface area contributed by atoms with Crippen LogP contribution in [0.3, 0.4) is 0 Å². The minimum atomic E-state index is -0.697. The molecule has 0 saturated heterocycles. The van der Waals surface area contributed by atoms with Crippen LogP contribution in [-0.2, 0) is 13.1 Å². The van der Waals surface area contributed by atoms with Crippen LogP contribution in [0.1, 0.15) is 35.5 Å². The highest BCUT2D eigenvalue weighted by Gasteiger charge is 2.29. The van der Waals surface area contributed by atoms with Gasteiger partial charge in [-0.1, -0.05) is 19.9 Å². The Morgan fingerprint density at radius 2 is 1.80 bits per heavy atom. The van der Waals surface area contributed by atoms with Gasteiger partial charge in [-0.3, -0.25) is 14.2 Å². The number of aromatic nitrogens is 3. The van der Waals surface area contributed by atoms with Crippen molar-refractivity contribution in [2.24, 2.45) is 0 Å². The highest BCUT2D eigenvalue weighted by molar-refractivity contribution is 5.97. The zero-order chi connectivity index (χ0) is 21.3. The van der Waals surface area contributed by atoms with Gasteiger partial charge in [0.05, 0.1) is 36.2 Å². The predicted molar refractivity (Wildman–Crippen MR) is 110 cm³/mol. The zero-order valence-electron chi connectivity index (χ0n) is 16.6. The molecular weight excluding hydrogens is 386 g/mol. The highest BCUT2D eigenvalue weighted by atomic mass is 19.1. The molecule has 0 atom stereocenters. The van der Waals surface area contributed by atoms with E-state index in [1.807, 2.05) is 32.0 Å². The van der Waals surface area contributed by atoms with Crippen molar-refractivity contribution in [3.05, 3.63) is 89.5 Å². The molecule has 30 heavy (non-hydrogen) atoms. The minimum absolute atomic E-state index is 0.140. The lowest BCUT2D eigenvalue weighted by Gasteiger charge is -2.17. The smallest absolute Gasteiger partial charge is 0.256 e. The van der Waals surface area contributed by atoms with Crippen molar-refractivity contribution < 1.29 is 13.6 Å². The number of hydrogen-bond acceptors (Lipinski definition) is 3. The fourth-order valence-electron chi connectivity index (χ4n) is 3.55. The summed E-state index contributed by atoms with van der Waals surface area (Å²) in [7, 11) is 0. The average Bonchev–Trinajstić information content (AvgIpc) is 3.34. The van der Waals surface area contributed by atoms with Gasteiger partial charge in [-0.05, 0) is 36.4 Å². The number of fused-ring (bicyclic) bond motifs is 2. The molecular formula is C23H20F2N4O. The van der Waals surface area contributed by atoms with E-state index >= 15 is 0 Å². The number of amides is 1. The molecule has 0 unspecified atom stereocenters. The maximum Gasteiger partial charge on any atom is 0.256 e. The first-order valence-corrected chi connectivity index (χ1v) is 9.75. The third-order valence-corrected chi connectivity index (χ3v) is 4.95. The van der Waals surface area contributed by atoms with Gasteiger partial charge in [-0.25, -0.2) is 13.8 Å². The van der Waals surface area contributed by atoms with Crippen LogP contribution < -0.4 is 0 Å². The second kappa shape index (κ2) is 8.02. The lowest BCUT2D eigenvalue weighted by molar-refractivity contribution is 0.0763. The standard InChI is InChI=1S/C21H14F2N4O.C2H6/c22-16-8-13(19-10-25-20-5-1-2-7-27(19)20)9-17(23)15(16)11-26-12-18-14(21(26)28)4-3-6-24-18;1-2/h1-10H,11-12H2;1-2H3. The van der Waals surface area contributed by atoms with Crippen LogP contribution in [0.2, 0.25) is 0 Å². The Labute approximate surface area is 172 Å². The number of benzene rings is 1. The van der Waals surface area contributed by atoms with E-state index in [1.54, 1.807) is 35.1 Å². The summed E-state index contributed by atoms with van der Waals surface area (Å²) in [4.78, 5) is 22.3. The second-order valence-corrected chi connectivity index (χ2v) is 6.65. The Morgan fingerprint density at radius 1 is 1.03 bits per heavy atom. The topological polar surface area (TPSA) is 50.5 Å². The summed E-state index contributed by atoms with van der Waals surface area (Å²) < 4.78 is 31.3. The number of imidazole rings is 1. The summed E-state index contributed by atoms with van der Waals surface area (Å²) in [6.45, 7) is 4.09. The largest absolute Gasteiger partial charge is 0.328 e. The van der Waals surface area contributed by atoms with E-state index in [1.165, 1.54) is 17.0 Å². The number of rotatable bonds is 3. The van der Waals surface area contributed by atoms with Gasteiger partial charge < -0.3 is 4.90 Å². The first-order chi connectivity index (χ1) is 14.6. The molecule has 4 aromatic rings. The zero-order valence-corrected chi connectivity index (χ0v) is 16.6. The van der Waals surface area contributed by atoms with Gasteiger partial charge in [0, 0.05) is 23.5 Å². The second-order valence-electron chi connectivity index (χ2n) is 6.65. The molecule has 0 radical (unpaired) electrons. The summed E-state index contributed by atoms with van der Waals surface area (Å²) in [6.07, 6.45) is 4.96. The van der Waals surface area contributed by atoms with Crippen LogP contribution in [0.25, 0.3) is 16.9 Å². The van der Waals surface area contributed by atoms with E-state index in [0.29, 0.717) is 28.2 Å². The van der Waals surface area contributed by atoms with Gasteiger partial charge in [0.1, 0.15) is 17.3 Å². The van der Waals surface area contributed by atoms with Crippen LogP contribution in [0, 0.1) is 11.6 Å². The average molecular weight is 406 g/mol. The van der Waals surface area contributed by atoms with Crippen molar-refractivity contribution in [2.45, 2.75) is 26.9 Å². The molecule has 0 aliphatic carbocycles. The van der Waals surface area contributed by atoms with Crippen LogP contribution >= 0.6 is 0 Å². The van der Waals surface area contributed by atoms with Gasteiger partial charge in [-0.15, -0.1) is 0 Å². The Hall–Kier alpha value is -3.61. The molecule has 0 fully saturated rings. The maximum atomic E-state index is 14.8. The fourth-order valence-corrected chi connectivity index (χ4v) is 3.55. The Morgan fingerprint density at radius 3 is 2.53 bits per heavy atom. The van der Waals surface area contributed by atoms with E-state index in [-0.39, 0.29) is 24.6 Å². The Bertz CT molecular complexity index is 1210. The third kappa shape index (κ3) is 3.32.